The predicted molar refractivity (Wildman–Crippen MR) is 94.4 cm³/mol. The number of carbonyl (C=O) groups is 1. The molecular weight excluding hydrogens is 306 g/mol. The highest BCUT2D eigenvalue weighted by atomic mass is 16.5. The van der Waals surface area contributed by atoms with Gasteiger partial charge in [0.15, 0.2) is 0 Å². The minimum absolute atomic E-state index is 0.157. The van der Waals surface area contributed by atoms with E-state index in [1.807, 2.05) is 42.5 Å². The number of carbonyl (C=O) groups excluding carboxylic acids is 1. The summed E-state index contributed by atoms with van der Waals surface area (Å²) < 4.78 is 10.6. The Kier molecular flexibility index (Phi) is 4.74. The van der Waals surface area contributed by atoms with E-state index in [1.54, 1.807) is 14.2 Å². The van der Waals surface area contributed by atoms with Crippen molar-refractivity contribution in [1.82, 2.24) is 5.32 Å². The molecule has 1 aliphatic carbocycles. The SMILES string of the molecule is COc1ccc(Nc2ccc(NC(=O)NC3CC3)cc2)c(OC)c1. The van der Waals surface area contributed by atoms with E-state index in [0.717, 1.165) is 35.7 Å². The van der Waals surface area contributed by atoms with E-state index in [-0.39, 0.29) is 6.03 Å². The van der Waals surface area contributed by atoms with Gasteiger partial charge in [0.05, 0.1) is 19.9 Å². The van der Waals surface area contributed by atoms with E-state index in [1.165, 1.54) is 0 Å². The molecule has 3 rings (SSSR count). The van der Waals surface area contributed by atoms with Gasteiger partial charge in [-0.05, 0) is 49.2 Å². The minimum Gasteiger partial charge on any atom is -0.497 e. The first-order valence-corrected chi connectivity index (χ1v) is 7.84. The van der Waals surface area contributed by atoms with Crippen LogP contribution in [-0.2, 0) is 0 Å². The Morgan fingerprint density at radius 3 is 2.33 bits per heavy atom. The molecule has 0 heterocycles. The number of ether oxygens (including phenoxy) is 2. The fourth-order valence-electron chi connectivity index (χ4n) is 2.27. The third-order valence-corrected chi connectivity index (χ3v) is 3.74. The Balaban J connectivity index is 1.64. The van der Waals surface area contributed by atoms with Crippen molar-refractivity contribution in [3.05, 3.63) is 42.5 Å². The number of hydrogen-bond acceptors (Lipinski definition) is 4. The van der Waals surface area contributed by atoms with Crippen molar-refractivity contribution in [3.63, 3.8) is 0 Å². The van der Waals surface area contributed by atoms with Crippen LogP contribution < -0.4 is 25.4 Å². The number of hydrogen-bond donors (Lipinski definition) is 3. The van der Waals surface area contributed by atoms with E-state index in [2.05, 4.69) is 16.0 Å². The Bertz CT molecular complexity index is 712. The zero-order valence-electron chi connectivity index (χ0n) is 13.8. The predicted octanol–water partition coefficient (Wildman–Crippen LogP) is 3.73. The summed E-state index contributed by atoms with van der Waals surface area (Å²) in [4.78, 5) is 11.7. The lowest BCUT2D eigenvalue weighted by molar-refractivity contribution is 0.251. The van der Waals surface area contributed by atoms with E-state index < -0.39 is 0 Å². The molecule has 0 saturated heterocycles. The lowest BCUT2D eigenvalue weighted by Gasteiger charge is -2.13. The van der Waals surface area contributed by atoms with Crippen molar-refractivity contribution in [3.8, 4) is 11.5 Å². The summed E-state index contributed by atoms with van der Waals surface area (Å²) in [5, 5.41) is 9.00. The molecule has 0 spiro atoms. The lowest BCUT2D eigenvalue weighted by atomic mass is 10.2. The first-order valence-electron chi connectivity index (χ1n) is 7.84. The van der Waals surface area contributed by atoms with Crippen LogP contribution in [0.15, 0.2) is 42.5 Å². The van der Waals surface area contributed by atoms with Gasteiger partial charge in [-0.1, -0.05) is 0 Å². The number of amides is 2. The Labute approximate surface area is 141 Å². The second-order valence-electron chi connectivity index (χ2n) is 5.64. The Hall–Kier alpha value is -2.89. The monoisotopic (exact) mass is 327 g/mol. The van der Waals surface area contributed by atoms with Crippen molar-refractivity contribution >= 4 is 23.1 Å². The molecule has 1 saturated carbocycles. The third kappa shape index (κ3) is 4.10. The molecule has 0 radical (unpaired) electrons. The minimum atomic E-state index is -0.157. The summed E-state index contributed by atoms with van der Waals surface area (Å²) >= 11 is 0. The summed E-state index contributed by atoms with van der Waals surface area (Å²) in [5.41, 5.74) is 2.48. The number of rotatable bonds is 6. The zero-order chi connectivity index (χ0) is 16.9. The van der Waals surface area contributed by atoms with E-state index in [0.29, 0.717) is 11.8 Å². The van der Waals surface area contributed by atoms with E-state index in [9.17, 15) is 4.79 Å². The van der Waals surface area contributed by atoms with Crippen LogP contribution in [0.25, 0.3) is 0 Å². The highest BCUT2D eigenvalue weighted by molar-refractivity contribution is 5.89. The highest BCUT2D eigenvalue weighted by Gasteiger charge is 2.23. The maximum absolute atomic E-state index is 11.7. The lowest BCUT2D eigenvalue weighted by Crippen LogP contribution is -2.30. The maximum atomic E-state index is 11.7. The van der Waals surface area contributed by atoms with Crippen LogP contribution in [0.5, 0.6) is 11.5 Å². The number of urea groups is 1. The molecule has 0 unspecified atom stereocenters. The summed E-state index contributed by atoms with van der Waals surface area (Å²) in [6, 6.07) is 13.3. The second kappa shape index (κ2) is 7.12. The van der Waals surface area contributed by atoms with Gasteiger partial charge in [-0.25, -0.2) is 4.79 Å². The van der Waals surface area contributed by atoms with Crippen molar-refractivity contribution in [2.45, 2.75) is 18.9 Å². The Morgan fingerprint density at radius 2 is 1.71 bits per heavy atom. The van der Waals surface area contributed by atoms with Gasteiger partial charge < -0.3 is 25.4 Å². The number of methoxy groups -OCH3 is 2. The number of benzene rings is 2. The van der Waals surface area contributed by atoms with Gasteiger partial charge in [0.2, 0.25) is 0 Å². The van der Waals surface area contributed by atoms with Gasteiger partial charge in [0, 0.05) is 23.5 Å². The summed E-state index contributed by atoms with van der Waals surface area (Å²) in [7, 11) is 3.23. The summed E-state index contributed by atoms with van der Waals surface area (Å²) in [6.07, 6.45) is 2.14. The van der Waals surface area contributed by atoms with Crippen LogP contribution in [0.1, 0.15) is 12.8 Å². The first-order chi connectivity index (χ1) is 11.7. The molecule has 0 bridgehead atoms. The average Bonchev–Trinajstić information content (AvgIpc) is 3.40. The zero-order valence-corrected chi connectivity index (χ0v) is 13.8. The molecule has 24 heavy (non-hydrogen) atoms. The number of nitrogens with one attached hydrogen (secondary N) is 3. The van der Waals surface area contributed by atoms with Gasteiger partial charge in [0.25, 0.3) is 0 Å². The van der Waals surface area contributed by atoms with Gasteiger partial charge >= 0.3 is 6.03 Å². The normalized spacial score (nSPS) is 13.1. The third-order valence-electron chi connectivity index (χ3n) is 3.74. The average molecular weight is 327 g/mol. The fraction of sp³-hybridized carbons (Fsp3) is 0.278. The van der Waals surface area contributed by atoms with E-state index in [4.69, 9.17) is 9.47 Å². The van der Waals surface area contributed by atoms with Gasteiger partial charge in [-0.3, -0.25) is 0 Å². The van der Waals surface area contributed by atoms with Gasteiger partial charge in [0.1, 0.15) is 11.5 Å². The van der Waals surface area contributed by atoms with Gasteiger partial charge in [-0.2, -0.15) is 0 Å². The molecule has 126 valence electrons. The molecule has 0 aliphatic heterocycles. The largest absolute Gasteiger partial charge is 0.497 e. The first kappa shape index (κ1) is 16.0. The summed E-state index contributed by atoms with van der Waals surface area (Å²) in [6.45, 7) is 0. The topological polar surface area (TPSA) is 71.6 Å². The molecule has 2 amide bonds. The molecule has 1 aliphatic rings. The molecule has 6 heteroatoms. The smallest absolute Gasteiger partial charge is 0.319 e. The number of anilines is 3. The molecule has 0 aromatic heterocycles. The van der Waals surface area contributed by atoms with Crippen LogP contribution in [0.4, 0.5) is 21.9 Å². The molecule has 6 nitrogen and oxygen atoms in total. The second-order valence-corrected chi connectivity index (χ2v) is 5.64. The standard InChI is InChI=1S/C18H21N3O3/c1-23-15-9-10-16(17(11-15)24-2)19-12-3-5-13(6-4-12)20-18(22)21-14-7-8-14/h3-6,9-11,14,19H,7-8H2,1-2H3,(H2,20,21,22). The molecule has 2 aromatic rings. The Morgan fingerprint density at radius 1 is 1.00 bits per heavy atom. The van der Waals surface area contributed by atoms with Crippen LogP contribution in [-0.4, -0.2) is 26.3 Å². The van der Waals surface area contributed by atoms with Crippen LogP contribution in [0.2, 0.25) is 0 Å². The van der Waals surface area contributed by atoms with Crippen molar-refractivity contribution in [2.24, 2.45) is 0 Å². The highest BCUT2D eigenvalue weighted by Crippen LogP contribution is 2.31. The van der Waals surface area contributed by atoms with Crippen molar-refractivity contribution in [2.75, 3.05) is 24.9 Å². The van der Waals surface area contributed by atoms with Gasteiger partial charge in [-0.15, -0.1) is 0 Å². The molecule has 3 N–H and O–H groups in total. The molecule has 0 atom stereocenters. The summed E-state index contributed by atoms with van der Waals surface area (Å²) in [5.74, 6) is 1.43. The molecule has 2 aromatic carbocycles. The van der Waals surface area contributed by atoms with Crippen LogP contribution in [0.3, 0.4) is 0 Å². The van der Waals surface area contributed by atoms with Crippen molar-refractivity contribution < 1.29 is 14.3 Å². The van der Waals surface area contributed by atoms with E-state index >= 15 is 0 Å². The van der Waals surface area contributed by atoms with Crippen LogP contribution in [0, 0.1) is 0 Å². The van der Waals surface area contributed by atoms with Crippen molar-refractivity contribution in [1.29, 1.82) is 0 Å². The molecule has 1 fully saturated rings. The van der Waals surface area contributed by atoms with Crippen LogP contribution >= 0.6 is 0 Å². The molecular formula is C18H21N3O3. The fourth-order valence-corrected chi connectivity index (χ4v) is 2.27. The quantitative estimate of drug-likeness (QED) is 0.756. The maximum Gasteiger partial charge on any atom is 0.319 e.